The number of esters is 1. The van der Waals surface area contributed by atoms with Crippen LogP contribution in [0.15, 0.2) is 28.8 Å². The van der Waals surface area contributed by atoms with Gasteiger partial charge in [-0.2, -0.15) is 4.98 Å². The maximum Gasteiger partial charge on any atom is 0.344 e. The first-order valence-electron chi connectivity index (χ1n) is 7.49. The van der Waals surface area contributed by atoms with Crippen molar-refractivity contribution in [2.45, 2.75) is 46.1 Å². The third kappa shape index (κ3) is 4.55. The van der Waals surface area contributed by atoms with Crippen LogP contribution >= 0.6 is 0 Å². The highest BCUT2D eigenvalue weighted by molar-refractivity contribution is 5.71. The molecule has 0 aliphatic carbocycles. The maximum atomic E-state index is 11.9. The Morgan fingerprint density at radius 2 is 2.00 bits per heavy atom. The number of aryl methyl sites for hydroxylation is 1. The van der Waals surface area contributed by atoms with Crippen LogP contribution in [-0.4, -0.2) is 22.7 Å². The fourth-order valence-corrected chi connectivity index (χ4v) is 1.84. The van der Waals surface area contributed by atoms with Gasteiger partial charge in [0, 0.05) is 5.41 Å². The Morgan fingerprint density at radius 1 is 1.30 bits per heavy atom. The van der Waals surface area contributed by atoms with E-state index in [2.05, 4.69) is 10.1 Å². The molecular formula is C17H22N2O4. The van der Waals surface area contributed by atoms with Crippen molar-refractivity contribution in [3.8, 4) is 5.75 Å². The molecule has 1 atom stereocenters. The molecule has 23 heavy (non-hydrogen) atoms. The number of ether oxygens (including phenoxy) is 2. The molecule has 6 heteroatoms. The van der Waals surface area contributed by atoms with E-state index in [-0.39, 0.29) is 17.9 Å². The number of hydrogen-bond donors (Lipinski definition) is 0. The molecule has 0 aliphatic heterocycles. The van der Waals surface area contributed by atoms with Crippen LogP contribution in [0, 0.1) is 6.92 Å². The van der Waals surface area contributed by atoms with Crippen LogP contribution in [0.4, 0.5) is 0 Å². The van der Waals surface area contributed by atoms with Gasteiger partial charge in [0.05, 0.1) is 0 Å². The summed E-state index contributed by atoms with van der Waals surface area (Å²) in [5, 5.41) is 3.91. The van der Waals surface area contributed by atoms with Crippen molar-refractivity contribution in [2.75, 3.05) is 6.61 Å². The summed E-state index contributed by atoms with van der Waals surface area (Å²) in [6.45, 7) is 9.37. The predicted molar refractivity (Wildman–Crippen MR) is 84.2 cm³/mol. The van der Waals surface area contributed by atoms with Crippen molar-refractivity contribution in [3.05, 3.63) is 41.5 Å². The Kier molecular flexibility index (Phi) is 5.03. The molecule has 1 aromatic carbocycles. The Hall–Kier alpha value is -2.37. The molecule has 0 saturated heterocycles. The van der Waals surface area contributed by atoms with Crippen molar-refractivity contribution in [1.82, 2.24) is 10.1 Å². The zero-order valence-electron chi connectivity index (χ0n) is 14.1. The summed E-state index contributed by atoms with van der Waals surface area (Å²) in [5.41, 5.74) is 0.736. The molecule has 1 aromatic heterocycles. The van der Waals surface area contributed by atoms with Gasteiger partial charge in [-0.3, -0.25) is 0 Å². The third-order valence-electron chi connectivity index (χ3n) is 3.21. The topological polar surface area (TPSA) is 74.5 Å². The van der Waals surface area contributed by atoms with Crippen molar-refractivity contribution in [1.29, 1.82) is 0 Å². The van der Waals surface area contributed by atoms with E-state index in [4.69, 9.17) is 14.0 Å². The number of benzene rings is 1. The monoisotopic (exact) mass is 318 g/mol. The van der Waals surface area contributed by atoms with Gasteiger partial charge >= 0.3 is 5.97 Å². The summed E-state index contributed by atoms with van der Waals surface area (Å²) in [6.07, 6.45) is -0.619. The second-order valence-electron chi connectivity index (χ2n) is 6.39. The molecular weight excluding hydrogens is 296 g/mol. The van der Waals surface area contributed by atoms with E-state index in [1.165, 1.54) is 0 Å². The van der Waals surface area contributed by atoms with Crippen LogP contribution in [0.2, 0.25) is 0 Å². The number of rotatable bonds is 5. The summed E-state index contributed by atoms with van der Waals surface area (Å²) >= 11 is 0. The van der Waals surface area contributed by atoms with Crippen LogP contribution in [0.1, 0.15) is 51.1 Å². The summed E-state index contributed by atoms with van der Waals surface area (Å²) in [5.74, 6) is 1.02. The zero-order valence-corrected chi connectivity index (χ0v) is 14.1. The van der Waals surface area contributed by atoms with E-state index in [1.807, 2.05) is 45.9 Å². The molecule has 1 heterocycles. The number of hydrogen-bond acceptors (Lipinski definition) is 6. The van der Waals surface area contributed by atoms with E-state index in [1.54, 1.807) is 13.0 Å². The molecule has 0 fully saturated rings. The van der Waals surface area contributed by atoms with Crippen LogP contribution in [0.3, 0.4) is 0 Å². The van der Waals surface area contributed by atoms with Crippen molar-refractivity contribution in [3.63, 3.8) is 0 Å². The first-order chi connectivity index (χ1) is 10.8. The minimum absolute atomic E-state index is 0.171. The highest BCUT2D eigenvalue weighted by Gasteiger charge is 2.24. The average Bonchev–Trinajstić information content (AvgIpc) is 2.96. The van der Waals surface area contributed by atoms with Crippen molar-refractivity contribution < 1.29 is 18.8 Å². The van der Waals surface area contributed by atoms with Crippen LogP contribution < -0.4 is 4.74 Å². The summed E-state index contributed by atoms with van der Waals surface area (Å²) in [4.78, 5) is 16.1. The Bertz CT molecular complexity index is 673. The predicted octanol–water partition coefficient (Wildman–Crippen LogP) is 3.36. The molecule has 0 spiro atoms. The van der Waals surface area contributed by atoms with E-state index in [0.29, 0.717) is 11.6 Å². The van der Waals surface area contributed by atoms with Crippen LogP contribution in [-0.2, 0) is 14.9 Å². The van der Waals surface area contributed by atoms with E-state index in [0.717, 1.165) is 5.56 Å². The number of para-hydroxylation sites is 1. The van der Waals surface area contributed by atoms with E-state index < -0.39 is 12.1 Å². The van der Waals surface area contributed by atoms with Gasteiger partial charge in [-0.25, -0.2) is 4.79 Å². The average molecular weight is 318 g/mol. The lowest BCUT2D eigenvalue weighted by molar-refractivity contribution is -0.152. The fourth-order valence-electron chi connectivity index (χ4n) is 1.84. The lowest BCUT2D eigenvalue weighted by atomic mass is 9.96. The molecule has 1 unspecified atom stereocenters. The highest BCUT2D eigenvalue weighted by Crippen LogP contribution is 2.22. The van der Waals surface area contributed by atoms with Crippen LogP contribution in [0.25, 0.3) is 0 Å². The normalized spacial score (nSPS) is 12.7. The molecule has 0 radical (unpaired) electrons. The van der Waals surface area contributed by atoms with Gasteiger partial charge in [0.1, 0.15) is 5.75 Å². The first kappa shape index (κ1) is 17.0. The van der Waals surface area contributed by atoms with Gasteiger partial charge in [0.25, 0.3) is 5.89 Å². The van der Waals surface area contributed by atoms with Gasteiger partial charge in [0.2, 0.25) is 0 Å². The molecule has 6 nitrogen and oxygen atoms in total. The smallest absolute Gasteiger partial charge is 0.344 e. The van der Waals surface area contributed by atoms with E-state index in [9.17, 15) is 4.79 Å². The molecule has 0 N–H and O–H groups in total. The molecule has 0 saturated carbocycles. The molecule has 124 valence electrons. The quantitative estimate of drug-likeness (QED) is 0.787. The largest absolute Gasteiger partial charge is 0.482 e. The Balaban J connectivity index is 1.90. The minimum atomic E-state index is -0.619. The molecule has 0 aliphatic rings. The SMILES string of the molecule is Cc1ccccc1OCC(=O)OC(C)c1nc(C(C)(C)C)no1. The second-order valence-corrected chi connectivity index (χ2v) is 6.39. The number of carbonyl (C=O) groups excluding carboxylic acids is 1. The maximum absolute atomic E-state index is 11.9. The molecule has 0 bridgehead atoms. The Morgan fingerprint density at radius 3 is 2.61 bits per heavy atom. The highest BCUT2D eigenvalue weighted by atomic mass is 16.6. The summed E-state index contributed by atoms with van der Waals surface area (Å²) in [6, 6.07) is 7.48. The summed E-state index contributed by atoms with van der Waals surface area (Å²) in [7, 11) is 0. The lowest BCUT2D eigenvalue weighted by Crippen LogP contribution is -2.18. The van der Waals surface area contributed by atoms with E-state index >= 15 is 0 Å². The molecule has 2 rings (SSSR count). The lowest BCUT2D eigenvalue weighted by Gasteiger charge is -2.12. The number of nitrogens with zero attached hydrogens (tertiary/aromatic N) is 2. The van der Waals surface area contributed by atoms with Gasteiger partial charge in [0.15, 0.2) is 18.5 Å². The Labute approximate surface area is 135 Å². The zero-order chi connectivity index (χ0) is 17.0. The van der Waals surface area contributed by atoms with Gasteiger partial charge in [-0.15, -0.1) is 0 Å². The summed E-state index contributed by atoms with van der Waals surface area (Å²) < 4.78 is 15.9. The van der Waals surface area contributed by atoms with Gasteiger partial charge in [-0.05, 0) is 25.5 Å². The van der Waals surface area contributed by atoms with Crippen LogP contribution in [0.5, 0.6) is 5.75 Å². The number of carbonyl (C=O) groups is 1. The first-order valence-corrected chi connectivity index (χ1v) is 7.49. The molecule has 2 aromatic rings. The third-order valence-corrected chi connectivity index (χ3v) is 3.21. The second kappa shape index (κ2) is 6.81. The van der Waals surface area contributed by atoms with Gasteiger partial charge in [-0.1, -0.05) is 44.1 Å². The fraction of sp³-hybridized carbons (Fsp3) is 0.471. The standard InChI is InChI=1S/C17H22N2O4/c1-11-8-6-7-9-13(11)21-10-14(20)22-12(2)15-18-16(19-23-15)17(3,4)5/h6-9,12H,10H2,1-5H3. The van der Waals surface area contributed by atoms with Crippen molar-refractivity contribution in [2.24, 2.45) is 0 Å². The van der Waals surface area contributed by atoms with Crippen molar-refractivity contribution >= 4 is 5.97 Å². The molecule has 0 amide bonds. The number of aromatic nitrogens is 2. The van der Waals surface area contributed by atoms with Gasteiger partial charge < -0.3 is 14.0 Å². The minimum Gasteiger partial charge on any atom is -0.482 e.